The van der Waals surface area contributed by atoms with Crippen LogP contribution >= 0.6 is 15.9 Å². The standard InChI is InChI=1S/C13H18BrNO3/c1-13(2)17-7-11(8-18-13)15-10-4-9(14)5-12(6-10)16-3/h4-6,11,15H,7-8H2,1-3H3. The van der Waals surface area contributed by atoms with Gasteiger partial charge in [-0.1, -0.05) is 15.9 Å². The molecule has 0 radical (unpaired) electrons. The van der Waals surface area contributed by atoms with Crippen molar-refractivity contribution in [2.75, 3.05) is 25.6 Å². The lowest BCUT2D eigenvalue weighted by atomic mass is 10.2. The highest BCUT2D eigenvalue weighted by Gasteiger charge is 2.28. The Morgan fingerprint density at radius 3 is 2.56 bits per heavy atom. The second-order valence-corrected chi connectivity index (χ2v) is 5.66. The first-order valence-electron chi connectivity index (χ1n) is 5.87. The summed E-state index contributed by atoms with van der Waals surface area (Å²) in [5.74, 6) is 0.331. The summed E-state index contributed by atoms with van der Waals surface area (Å²) in [5, 5.41) is 3.37. The van der Waals surface area contributed by atoms with Gasteiger partial charge in [0.25, 0.3) is 0 Å². The fourth-order valence-corrected chi connectivity index (χ4v) is 2.25. The van der Waals surface area contributed by atoms with Gasteiger partial charge in [-0.15, -0.1) is 0 Å². The van der Waals surface area contributed by atoms with Gasteiger partial charge in [0, 0.05) is 16.2 Å². The third-order valence-electron chi connectivity index (χ3n) is 2.74. The van der Waals surface area contributed by atoms with Crippen LogP contribution in [0.4, 0.5) is 5.69 Å². The van der Waals surface area contributed by atoms with Crippen LogP contribution in [0.25, 0.3) is 0 Å². The monoisotopic (exact) mass is 315 g/mol. The molecule has 0 spiro atoms. The van der Waals surface area contributed by atoms with Crippen LogP contribution in [0.3, 0.4) is 0 Å². The van der Waals surface area contributed by atoms with Gasteiger partial charge in [-0.2, -0.15) is 0 Å². The first-order chi connectivity index (χ1) is 8.48. The Morgan fingerprint density at radius 1 is 1.28 bits per heavy atom. The number of nitrogens with one attached hydrogen (secondary N) is 1. The first-order valence-corrected chi connectivity index (χ1v) is 6.67. The minimum absolute atomic E-state index is 0.150. The summed E-state index contributed by atoms with van der Waals surface area (Å²) in [6, 6.07) is 6.02. The first kappa shape index (κ1) is 13.6. The average Bonchev–Trinajstić information content (AvgIpc) is 2.31. The van der Waals surface area contributed by atoms with Gasteiger partial charge in [0.15, 0.2) is 5.79 Å². The molecule has 1 aliphatic heterocycles. The quantitative estimate of drug-likeness (QED) is 0.930. The number of ether oxygens (including phenoxy) is 3. The second kappa shape index (κ2) is 5.47. The number of benzene rings is 1. The van der Waals surface area contributed by atoms with Crippen LogP contribution in [0.1, 0.15) is 13.8 Å². The molecular weight excluding hydrogens is 298 g/mol. The average molecular weight is 316 g/mol. The molecule has 1 aromatic rings. The van der Waals surface area contributed by atoms with Crippen molar-refractivity contribution in [3.8, 4) is 5.75 Å². The molecule has 1 aliphatic rings. The summed E-state index contributed by atoms with van der Waals surface area (Å²) >= 11 is 3.45. The topological polar surface area (TPSA) is 39.7 Å². The summed E-state index contributed by atoms with van der Waals surface area (Å²) in [6.07, 6.45) is 0. The van der Waals surface area contributed by atoms with Crippen LogP contribution in [0.15, 0.2) is 22.7 Å². The molecule has 0 saturated carbocycles. The molecule has 1 N–H and O–H groups in total. The lowest BCUT2D eigenvalue weighted by Gasteiger charge is -2.35. The number of anilines is 1. The summed E-state index contributed by atoms with van der Waals surface area (Å²) < 4.78 is 17.4. The molecule has 100 valence electrons. The molecule has 18 heavy (non-hydrogen) atoms. The molecule has 4 nitrogen and oxygen atoms in total. The van der Waals surface area contributed by atoms with E-state index in [0.29, 0.717) is 13.2 Å². The molecule has 1 fully saturated rings. The highest BCUT2D eigenvalue weighted by atomic mass is 79.9. The van der Waals surface area contributed by atoms with Crippen molar-refractivity contribution in [3.63, 3.8) is 0 Å². The van der Waals surface area contributed by atoms with Crippen molar-refractivity contribution in [1.82, 2.24) is 0 Å². The van der Waals surface area contributed by atoms with E-state index in [-0.39, 0.29) is 6.04 Å². The van der Waals surface area contributed by atoms with E-state index in [0.717, 1.165) is 15.9 Å². The van der Waals surface area contributed by atoms with E-state index in [1.165, 1.54) is 0 Å². The highest BCUT2D eigenvalue weighted by Crippen LogP contribution is 2.26. The molecule has 1 heterocycles. The van der Waals surface area contributed by atoms with E-state index in [1.54, 1.807) is 7.11 Å². The van der Waals surface area contributed by atoms with Gasteiger partial charge in [0.2, 0.25) is 0 Å². The molecule has 1 saturated heterocycles. The number of methoxy groups -OCH3 is 1. The van der Waals surface area contributed by atoms with Gasteiger partial charge in [-0.25, -0.2) is 0 Å². The van der Waals surface area contributed by atoms with Crippen molar-refractivity contribution in [3.05, 3.63) is 22.7 Å². The number of rotatable bonds is 3. The Balaban J connectivity index is 2.00. The van der Waals surface area contributed by atoms with E-state index in [2.05, 4.69) is 21.2 Å². The lowest BCUT2D eigenvalue weighted by molar-refractivity contribution is -0.247. The molecule has 0 atom stereocenters. The van der Waals surface area contributed by atoms with Crippen LogP contribution in [0.2, 0.25) is 0 Å². The van der Waals surface area contributed by atoms with Crippen LogP contribution in [-0.2, 0) is 9.47 Å². The molecule has 0 amide bonds. The maximum absolute atomic E-state index is 5.61. The maximum atomic E-state index is 5.61. The third-order valence-corrected chi connectivity index (χ3v) is 3.20. The Labute approximate surface area is 116 Å². The van der Waals surface area contributed by atoms with Crippen LogP contribution in [0.5, 0.6) is 5.75 Å². The minimum atomic E-state index is -0.479. The minimum Gasteiger partial charge on any atom is -0.497 e. The van der Waals surface area contributed by atoms with Crippen molar-refractivity contribution >= 4 is 21.6 Å². The molecule has 0 bridgehead atoms. The molecule has 2 rings (SSSR count). The summed E-state index contributed by atoms with van der Waals surface area (Å²) in [5.41, 5.74) is 0.984. The van der Waals surface area contributed by atoms with E-state index in [9.17, 15) is 0 Å². The Hall–Kier alpha value is -0.780. The molecule has 1 aromatic carbocycles. The Morgan fingerprint density at radius 2 is 1.94 bits per heavy atom. The number of halogens is 1. The fourth-order valence-electron chi connectivity index (χ4n) is 1.78. The smallest absolute Gasteiger partial charge is 0.162 e. The van der Waals surface area contributed by atoms with Crippen LogP contribution in [-0.4, -0.2) is 32.2 Å². The zero-order valence-corrected chi connectivity index (χ0v) is 12.4. The number of hydrogen-bond acceptors (Lipinski definition) is 4. The maximum Gasteiger partial charge on any atom is 0.162 e. The summed E-state index contributed by atoms with van der Waals surface area (Å²) in [4.78, 5) is 0. The van der Waals surface area contributed by atoms with Gasteiger partial charge < -0.3 is 19.5 Å². The normalized spacial score (nSPS) is 19.6. The molecule has 0 unspecified atom stereocenters. The third kappa shape index (κ3) is 3.60. The van der Waals surface area contributed by atoms with Crippen LogP contribution < -0.4 is 10.1 Å². The van der Waals surface area contributed by atoms with Crippen molar-refractivity contribution < 1.29 is 14.2 Å². The molecule has 0 aliphatic carbocycles. The van der Waals surface area contributed by atoms with E-state index < -0.39 is 5.79 Å². The van der Waals surface area contributed by atoms with Gasteiger partial charge in [-0.3, -0.25) is 0 Å². The number of hydrogen-bond donors (Lipinski definition) is 1. The predicted octanol–water partition coefficient (Wildman–Crippen LogP) is 3.02. The lowest BCUT2D eigenvalue weighted by Crippen LogP contribution is -2.45. The van der Waals surface area contributed by atoms with E-state index in [4.69, 9.17) is 14.2 Å². The zero-order valence-electron chi connectivity index (χ0n) is 10.8. The Bertz CT molecular complexity index is 413. The SMILES string of the molecule is COc1cc(Br)cc(NC2COC(C)(C)OC2)c1. The van der Waals surface area contributed by atoms with Crippen molar-refractivity contribution in [1.29, 1.82) is 0 Å². The predicted molar refractivity (Wildman–Crippen MR) is 74.1 cm³/mol. The molecule has 0 aromatic heterocycles. The Kier molecular flexibility index (Phi) is 4.14. The highest BCUT2D eigenvalue weighted by molar-refractivity contribution is 9.10. The second-order valence-electron chi connectivity index (χ2n) is 4.74. The van der Waals surface area contributed by atoms with Gasteiger partial charge in [0.05, 0.1) is 26.4 Å². The largest absolute Gasteiger partial charge is 0.497 e. The van der Waals surface area contributed by atoms with Gasteiger partial charge >= 0.3 is 0 Å². The fraction of sp³-hybridized carbons (Fsp3) is 0.538. The van der Waals surface area contributed by atoms with E-state index in [1.807, 2.05) is 32.0 Å². The zero-order chi connectivity index (χ0) is 13.2. The summed E-state index contributed by atoms with van der Waals surface area (Å²) in [7, 11) is 1.65. The van der Waals surface area contributed by atoms with Crippen LogP contribution in [0, 0.1) is 0 Å². The van der Waals surface area contributed by atoms with Gasteiger partial charge in [0.1, 0.15) is 5.75 Å². The molecule has 5 heteroatoms. The van der Waals surface area contributed by atoms with Crippen molar-refractivity contribution in [2.24, 2.45) is 0 Å². The van der Waals surface area contributed by atoms with Crippen molar-refractivity contribution in [2.45, 2.75) is 25.7 Å². The van der Waals surface area contributed by atoms with E-state index >= 15 is 0 Å². The van der Waals surface area contributed by atoms with Gasteiger partial charge in [-0.05, 0) is 26.0 Å². The molecular formula is C13H18BrNO3. The summed E-state index contributed by atoms with van der Waals surface area (Å²) in [6.45, 7) is 5.10.